The largest absolute Gasteiger partial charge is 0.467 e. The highest BCUT2D eigenvalue weighted by atomic mass is 16.6. The van der Waals surface area contributed by atoms with E-state index in [9.17, 15) is 4.79 Å². The number of esters is 1. The first-order valence-electron chi connectivity index (χ1n) is 9.32. The Bertz CT molecular complexity index is 378. The summed E-state index contributed by atoms with van der Waals surface area (Å²) in [6, 6.07) is 0. The lowest BCUT2D eigenvalue weighted by atomic mass is 9.96. The van der Waals surface area contributed by atoms with Gasteiger partial charge in [-0.05, 0) is 31.6 Å². The molecule has 0 N–H and O–H groups in total. The predicted molar refractivity (Wildman–Crippen MR) is 101 cm³/mol. The Morgan fingerprint density at radius 1 is 1.00 bits per heavy atom. The third kappa shape index (κ3) is 13.2. The van der Waals surface area contributed by atoms with Crippen molar-refractivity contribution in [1.82, 2.24) is 0 Å². The van der Waals surface area contributed by atoms with Gasteiger partial charge in [-0.25, -0.2) is 4.79 Å². The first-order valence-corrected chi connectivity index (χ1v) is 9.32. The average molecular weight is 337 g/mol. The molecule has 0 amide bonds. The number of ether oxygens (including phenoxy) is 2. The molecule has 0 saturated heterocycles. The van der Waals surface area contributed by atoms with Crippen molar-refractivity contribution in [1.29, 1.82) is 0 Å². The molecule has 0 aromatic carbocycles. The highest BCUT2D eigenvalue weighted by Crippen LogP contribution is 2.17. The summed E-state index contributed by atoms with van der Waals surface area (Å²) in [6.07, 6.45) is 13.9. The number of carbonyl (C=O) groups is 1. The molecule has 0 spiro atoms. The number of rotatable bonds is 14. The molecule has 3 nitrogen and oxygen atoms in total. The van der Waals surface area contributed by atoms with Crippen molar-refractivity contribution < 1.29 is 14.3 Å². The minimum Gasteiger partial charge on any atom is -0.467 e. The Hall–Kier alpha value is -1.27. The fourth-order valence-corrected chi connectivity index (χ4v) is 2.65. The van der Waals surface area contributed by atoms with Crippen LogP contribution in [0.25, 0.3) is 0 Å². The van der Waals surface area contributed by atoms with Crippen LogP contribution < -0.4 is 0 Å². The molecule has 0 aliphatic carbocycles. The maximum atomic E-state index is 11.3. The van der Waals surface area contributed by atoms with Crippen molar-refractivity contribution in [3.05, 3.63) is 12.7 Å². The molecule has 0 aromatic heterocycles. The van der Waals surface area contributed by atoms with Crippen molar-refractivity contribution in [2.75, 3.05) is 14.2 Å². The van der Waals surface area contributed by atoms with Gasteiger partial charge in [0.1, 0.15) is 0 Å². The summed E-state index contributed by atoms with van der Waals surface area (Å²) in [5.41, 5.74) is 0. The lowest BCUT2D eigenvalue weighted by molar-refractivity contribution is -0.152. The van der Waals surface area contributed by atoms with Gasteiger partial charge in [-0.2, -0.15) is 0 Å². The van der Waals surface area contributed by atoms with Crippen molar-refractivity contribution >= 4 is 5.97 Å². The quantitative estimate of drug-likeness (QED) is 0.187. The topological polar surface area (TPSA) is 35.5 Å². The number of hydrogen-bond acceptors (Lipinski definition) is 3. The summed E-state index contributed by atoms with van der Waals surface area (Å²) in [4.78, 5) is 11.3. The van der Waals surface area contributed by atoms with Crippen molar-refractivity contribution in [2.24, 2.45) is 5.92 Å². The normalized spacial score (nSPS) is 12.8. The van der Waals surface area contributed by atoms with Gasteiger partial charge in [-0.3, -0.25) is 0 Å². The van der Waals surface area contributed by atoms with E-state index in [0.29, 0.717) is 12.8 Å². The SMILES string of the molecule is C=CCCCCC(C)CCCCCC#CCC[C@H](OC)C(=O)OC. The molecule has 3 heteroatoms. The molecule has 0 radical (unpaired) electrons. The van der Waals surface area contributed by atoms with E-state index in [2.05, 4.69) is 30.1 Å². The average Bonchev–Trinajstić information content (AvgIpc) is 2.60. The van der Waals surface area contributed by atoms with Crippen LogP contribution in [0.2, 0.25) is 0 Å². The van der Waals surface area contributed by atoms with Crippen LogP contribution in [0.4, 0.5) is 0 Å². The van der Waals surface area contributed by atoms with E-state index in [0.717, 1.165) is 18.8 Å². The molecule has 0 rings (SSSR count). The van der Waals surface area contributed by atoms with Gasteiger partial charge in [0.15, 0.2) is 6.10 Å². The van der Waals surface area contributed by atoms with Crippen LogP contribution >= 0.6 is 0 Å². The Morgan fingerprint density at radius 2 is 1.67 bits per heavy atom. The minimum absolute atomic E-state index is 0.321. The Morgan fingerprint density at radius 3 is 2.29 bits per heavy atom. The lowest BCUT2D eigenvalue weighted by Gasteiger charge is -2.10. The zero-order valence-corrected chi connectivity index (χ0v) is 15.9. The van der Waals surface area contributed by atoms with E-state index >= 15 is 0 Å². The first kappa shape index (κ1) is 22.7. The van der Waals surface area contributed by atoms with Crippen LogP contribution in [0.3, 0.4) is 0 Å². The Balaban J connectivity index is 3.53. The highest BCUT2D eigenvalue weighted by molar-refractivity contribution is 5.74. The molecular formula is C21H36O3. The van der Waals surface area contributed by atoms with Crippen molar-refractivity contribution in [2.45, 2.75) is 83.7 Å². The molecule has 0 aliphatic heterocycles. The molecular weight excluding hydrogens is 300 g/mol. The molecule has 0 bridgehead atoms. The van der Waals surface area contributed by atoms with Gasteiger partial charge >= 0.3 is 5.97 Å². The van der Waals surface area contributed by atoms with Crippen LogP contribution in [0.1, 0.15) is 77.6 Å². The van der Waals surface area contributed by atoms with Crippen molar-refractivity contribution in [3.8, 4) is 11.8 Å². The van der Waals surface area contributed by atoms with Crippen LogP contribution in [0.5, 0.6) is 0 Å². The molecule has 0 aromatic rings. The van der Waals surface area contributed by atoms with Crippen molar-refractivity contribution in [3.63, 3.8) is 0 Å². The van der Waals surface area contributed by atoms with E-state index in [-0.39, 0.29) is 5.97 Å². The summed E-state index contributed by atoms with van der Waals surface area (Å²) in [7, 11) is 2.90. The summed E-state index contributed by atoms with van der Waals surface area (Å²) < 4.78 is 9.74. The fraction of sp³-hybridized carbons (Fsp3) is 0.762. The molecule has 138 valence electrons. The molecule has 24 heavy (non-hydrogen) atoms. The van der Waals surface area contributed by atoms with Crippen LogP contribution in [-0.4, -0.2) is 26.3 Å². The van der Waals surface area contributed by atoms with E-state index in [1.807, 2.05) is 6.08 Å². The maximum Gasteiger partial charge on any atom is 0.334 e. The van der Waals surface area contributed by atoms with Crippen LogP contribution in [0.15, 0.2) is 12.7 Å². The summed E-state index contributed by atoms with van der Waals surface area (Å²) >= 11 is 0. The first-order chi connectivity index (χ1) is 11.7. The second-order valence-electron chi connectivity index (χ2n) is 6.42. The summed E-state index contributed by atoms with van der Waals surface area (Å²) in [5.74, 6) is 6.83. The summed E-state index contributed by atoms with van der Waals surface area (Å²) in [6.45, 7) is 6.12. The van der Waals surface area contributed by atoms with Gasteiger partial charge in [0, 0.05) is 20.0 Å². The molecule has 0 heterocycles. The standard InChI is InChI=1S/C21H36O3/c1-5-6-7-13-16-19(2)17-14-11-9-8-10-12-15-18-20(23-3)21(22)24-4/h5,19-20H,1,6-9,11,13-18H2,2-4H3/t19?,20-/m0/s1. The van der Waals surface area contributed by atoms with E-state index in [1.165, 1.54) is 59.2 Å². The predicted octanol–water partition coefficient (Wildman–Crippen LogP) is 5.29. The van der Waals surface area contributed by atoms with Gasteiger partial charge < -0.3 is 9.47 Å². The number of unbranched alkanes of at least 4 members (excludes halogenated alkanes) is 5. The zero-order chi connectivity index (χ0) is 18.0. The minimum atomic E-state index is -0.489. The van der Waals surface area contributed by atoms with Crippen LogP contribution in [-0.2, 0) is 14.3 Å². The number of methoxy groups -OCH3 is 2. The molecule has 1 unspecified atom stereocenters. The third-order valence-electron chi connectivity index (χ3n) is 4.26. The van der Waals surface area contributed by atoms with E-state index < -0.39 is 6.10 Å². The number of allylic oxidation sites excluding steroid dienone is 1. The zero-order valence-electron chi connectivity index (χ0n) is 15.9. The fourth-order valence-electron chi connectivity index (χ4n) is 2.65. The van der Waals surface area contributed by atoms with Gasteiger partial charge in [-0.1, -0.05) is 45.1 Å². The second kappa shape index (κ2) is 16.6. The van der Waals surface area contributed by atoms with Gasteiger partial charge in [0.05, 0.1) is 7.11 Å². The number of carbonyl (C=O) groups excluding carboxylic acids is 1. The third-order valence-corrected chi connectivity index (χ3v) is 4.26. The molecule has 0 saturated carbocycles. The smallest absolute Gasteiger partial charge is 0.334 e. The Labute approximate surface area is 149 Å². The van der Waals surface area contributed by atoms with Gasteiger partial charge in [0.2, 0.25) is 0 Å². The highest BCUT2D eigenvalue weighted by Gasteiger charge is 2.16. The van der Waals surface area contributed by atoms with Gasteiger partial charge in [-0.15, -0.1) is 18.4 Å². The number of hydrogen-bond donors (Lipinski definition) is 0. The molecule has 0 aliphatic rings. The summed E-state index contributed by atoms with van der Waals surface area (Å²) in [5, 5.41) is 0. The van der Waals surface area contributed by atoms with Crippen LogP contribution in [0, 0.1) is 17.8 Å². The maximum absolute atomic E-state index is 11.3. The van der Waals surface area contributed by atoms with E-state index in [4.69, 9.17) is 4.74 Å². The monoisotopic (exact) mass is 336 g/mol. The second-order valence-corrected chi connectivity index (χ2v) is 6.42. The lowest BCUT2D eigenvalue weighted by Crippen LogP contribution is -2.23. The van der Waals surface area contributed by atoms with E-state index in [1.54, 1.807) is 0 Å². The molecule has 0 fully saturated rings. The van der Waals surface area contributed by atoms with Gasteiger partial charge in [0.25, 0.3) is 0 Å². The Kier molecular flexibility index (Phi) is 15.7. The molecule has 2 atom stereocenters.